The van der Waals surface area contributed by atoms with Gasteiger partial charge in [-0.2, -0.15) is 0 Å². The Morgan fingerprint density at radius 3 is 2.10 bits per heavy atom. The molecule has 0 aromatic carbocycles. The third kappa shape index (κ3) is 6.09. The monoisotopic (exact) mass is 143 g/mol. The van der Waals surface area contributed by atoms with E-state index in [0.717, 1.165) is 12.5 Å². The summed E-state index contributed by atoms with van der Waals surface area (Å²) in [5.41, 5.74) is 0.281. The summed E-state index contributed by atoms with van der Waals surface area (Å²) in [5.74, 6) is 0.805. The summed E-state index contributed by atoms with van der Waals surface area (Å²) < 4.78 is 0. The van der Waals surface area contributed by atoms with Crippen LogP contribution in [0.15, 0.2) is 0 Å². The van der Waals surface area contributed by atoms with Crippen LogP contribution in [0.4, 0.5) is 0 Å². The van der Waals surface area contributed by atoms with Crippen molar-refractivity contribution >= 4 is 0 Å². The van der Waals surface area contributed by atoms with Crippen LogP contribution in [0.5, 0.6) is 0 Å². The summed E-state index contributed by atoms with van der Waals surface area (Å²) in [6.07, 6.45) is 1.27. The lowest BCUT2D eigenvalue weighted by Crippen LogP contribution is -2.38. The van der Waals surface area contributed by atoms with Crippen molar-refractivity contribution in [1.82, 2.24) is 5.32 Å². The first-order valence-corrected chi connectivity index (χ1v) is 4.20. The molecule has 0 aromatic heterocycles. The second kappa shape index (κ2) is 3.97. The molecule has 0 saturated heterocycles. The number of rotatable bonds is 3. The van der Waals surface area contributed by atoms with Crippen LogP contribution >= 0.6 is 0 Å². The highest BCUT2D eigenvalue weighted by Gasteiger charge is 2.09. The molecule has 0 aliphatic rings. The Labute approximate surface area is 65.2 Å². The van der Waals surface area contributed by atoms with Gasteiger partial charge in [-0.15, -0.1) is 0 Å². The molecule has 0 radical (unpaired) electrons. The predicted molar refractivity (Wildman–Crippen MR) is 47.2 cm³/mol. The molecule has 1 unspecified atom stereocenters. The van der Waals surface area contributed by atoms with E-state index in [-0.39, 0.29) is 5.54 Å². The van der Waals surface area contributed by atoms with Crippen molar-refractivity contribution in [2.24, 2.45) is 5.92 Å². The van der Waals surface area contributed by atoms with Crippen LogP contribution in [0.3, 0.4) is 0 Å². The van der Waals surface area contributed by atoms with Crippen molar-refractivity contribution in [3.8, 4) is 0 Å². The Balaban J connectivity index is 3.36. The van der Waals surface area contributed by atoms with Gasteiger partial charge in [0.1, 0.15) is 0 Å². The summed E-state index contributed by atoms with van der Waals surface area (Å²) in [6, 6.07) is 0. The van der Waals surface area contributed by atoms with Gasteiger partial charge in [-0.25, -0.2) is 0 Å². The highest BCUT2D eigenvalue weighted by atomic mass is 14.9. The minimum absolute atomic E-state index is 0.281. The largest absolute Gasteiger partial charge is 0.312 e. The Morgan fingerprint density at radius 1 is 1.30 bits per heavy atom. The Bertz CT molecular complexity index is 81.2. The van der Waals surface area contributed by atoms with Crippen molar-refractivity contribution in [1.29, 1.82) is 0 Å². The molecule has 0 bridgehead atoms. The van der Waals surface area contributed by atoms with Gasteiger partial charge < -0.3 is 5.32 Å². The van der Waals surface area contributed by atoms with Gasteiger partial charge in [0.25, 0.3) is 0 Å². The first kappa shape index (κ1) is 9.96. The highest BCUT2D eigenvalue weighted by Crippen LogP contribution is 2.03. The van der Waals surface area contributed by atoms with E-state index in [2.05, 4.69) is 39.9 Å². The molecule has 0 fully saturated rings. The summed E-state index contributed by atoms with van der Waals surface area (Å²) >= 11 is 0. The maximum Gasteiger partial charge on any atom is 0.00966 e. The lowest BCUT2D eigenvalue weighted by atomic mass is 10.1. The van der Waals surface area contributed by atoms with E-state index in [4.69, 9.17) is 0 Å². The van der Waals surface area contributed by atoms with E-state index in [0.29, 0.717) is 0 Å². The number of hydrogen-bond acceptors (Lipinski definition) is 1. The van der Waals surface area contributed by atoms with Gasteiger partial charge in [-0.05, 0) is 33.2 Å². The Morgan fingerprint density at radius 2 is 1.80 bits per heavy atom. The molecule has 0 heterocycles. The molecule has 10 heavy (non-hydrogen) atoms. The van der Waals surface area contributed by atoms with Crippen LogP contribution < -0.4 is 5.32 Å². The van der Waals surface area contributed by atoms with Crippen LogP contribution in [0.1, 0.15) is 41.0 Å². The van der Waals surface area contributed by atoms with Crippen LogP contribution in [0, 0.1) is 5.92 Å². The van der Waals surface area contributed by atoms with Crippen LogP contribution in [-0.4, -0.2) is 12.1 Å². The molecule has 1 heteroatoms. The first-order valence-electron chi connectivity index (χ1n) is 4.20. The minimum Gasteiger partial charge on any atom is -0.312 e. The molecule has 0 aromatic rings. The number of nitrogens with one attached hydrogen (secondary N) is 1. The van der Waals surface area contributed by atoms with Crippen LogP contribution in [-0.2, 0) is 0 Å². The fourth-order valence-electron chi connectivity index (χ4n) is 0.625. The zero-order valence-corrected chi connectivity index (χ0v) is 7.99. The fourth-order valence-corrected chi connectivity index (χ4v) is 0.625. The quantitative estimate of drug-likeness (QED) is 0.640. The molecular weight excluding hydrogens is 122 g/mol. The van der Waals surface area contributed by atoms with Crippen molar-refractivity contribution in [2.45, 2.75) is 46.6 Å². The zero-order chi connectivity index (χ0) is 8.20. The van der Waals surface area contributed by atoms with Crippen LogP contribution in [0.25, 0.3) is 0 Å². The minimum atomic E-state index is 0.281. The second-order valence-corrected chi connectivity index (χ2v) is 4.14. The molecule has 62 valence electrons. The zero-order valence-electron chi connectivity index (χ0n) is 7.99. The molecule has 1 atom stereocenters. The molecule has 0 aliphatic heterocycles. The highest BCUT2D eigenvalue weighted by molar-refractivity contribution is 4.71. The lowest BCUT2D eigenvalue weighted by Gasteiger charge is -2.22. The SMILES string of the molecule is CCC(C)CNC(C)(C)C. The van der Waals surface area contributed by atoms with Crippen molar-refractivity contribution < 1.29 is 0 Å². The van der Waals surface area contributed by atoms with Gasteiger partial charge in [0.15, 0.2) is 0 Å². The van der Waals surface area contributed by atoms with Gasteiger partial charge in [0.05, 0.1) is 0 Å². The molecule has 0 saturated carbocycles. The average molecular weight is 143 g/mol. The molecule has 0 amide bonds. The topological polar surface area (TPSA) is 12.0 Å². The van der Waals surface area contributed by atoms with E-state index >= 15 is 0 Å². The first-order chi connectivity index (χ1) is 4.45. The van der Waals surface area contributed by atoms with E-state index in [1.165, 1.54) is 6.42 Å². The summed E-state index contributed by atoms with van der Waals surface area (Å²) in [5, 5.41) is 3.47. The van der Waals surface area contributed by atoms with E-state index in [1.54, 1.807) is 0 Å². The van der Waals surface area contributed by atoms with E-state index in [9.17, 15) is 0 Å². The van der Waals surface area contributed by atoms with Gasteiger partial charge in [0.2, 0.25) is 0 Å². The lowest BCUT2D eigenvalue weighted by molar-refractivity contribution is 0.378. The van der Waals surface area contributed by atoms with Crippen molar-refractivity contribution in [3.05, 3.63) is 0 Å². The van der Waals surface area contributed by atoms with Gasteiger partial charge >= 0.3 is 0 Å². The van der Waals surface area contributed by atoms with E-state index in [1.807, 2.05) is 0 Å². The average Bonchev–Trinajstić information content (AvgIpc) is 1.81. The third-order valence-electron chi connectivity index (χ3n) is 1.68. The summed E-state index contributed by atoms with van der Waals surface area (Å²) in [6.45, 7) is 12.3. The Hall–Kier alpha value is -0.0400. The standard InChI is InChI=1S/C9H21N/c1-6-8(2)7-10-9(3,4)5/h8,10H,6-7H2,1-5H3. The summed E-state index contributed by atoms with van der Waals surface area (Å²) in [4.78, 5) is 0. The molecule has 1 N–H and O–H groups in total. The molecule has 0 spiro atoms. The molecule has 1 nitrogen and oxygen atoms in total. The number of hydrogen-bond donors (Lipinski definition) is 1. The third-order valence-corrected chi connectivity index (χ3v) is 1.68. The smallest absolute Gasteiger partial charge is 0.00966 e. The maximum absolute atomic E-state index is 3.47. The van der Waals surface area contributed by atoms with Crippen LogP contribution in [0.2, 0.25) is 0 Å². The predicted octanol–water partition coefficient (Wildman–Crippen LogP) is 2.42. The molecule has 0 aliphatic carbocycles. The second-order valence-electron chi connectivity index (χ2n) is 4.14. The van der Waals surface area contributed by atoms with E-state index < -0.39 is 0 Å². The Kier molecular flexibility index (Phi) is 3.95. The molecule has 0 rings (SSSR count). The summed E-state index contributed by atoms with van der Waals surface area (Å²) in [7, 11) is 0. The molecular formula is C9H21N. The van der Waals surface area contributed by atoms with Gasteiger partial charge in [-0.3, -0.25) is 0 Å². The van der Waals surface area contributed by atoms with Crippen molar-refractivity contribution in [3.63, 3.8) is 0 Å². The van der Waals surface area contributed by atoms with Gasteiger partial charge in [-0.1, -0.05) is 20.3 Å². The van der Waals surface area contributed by atoms with Crippen molar-refractivity contribution in [2.75, 3.05) is 6.54 Å². The maximum atomic E-state index is 3.47. The normalized spacial score (nSPS) is 15.3. The van der Waals surface area contributed by atoms with Gasteiger partial charge in [0, 0.05) is 5.54 Å². The fraction of sp³-hybridized carbons (Fsp3) is 1.00.